The fourth-order valence-corrected chi connectivity index (χ4v) is 2.16. The van der Waals surface area contributed by atoms with Crippen molar-refractivity contribution in [3.8, 4) is 0 Å². The van der Waals surface area contributed by atoms with Crippen LogP contribution in [-0.2, 0) is 4.79 Å². The second kappa shape index (κ2) is 4.64. The molecule has 1 aliphatic heterocycles. The summed E-state index contributed by atoms with van der Waals surface area (Å²) in [7, 11) is 0. The summed E-state index contributed by atoms with van der Waals surface area (Å²) in [6.07, 6.45) is 1.08. The minimum atomic E-state index is -1.02. The number of aryl methyl sites for hydroxylation is 1. The molecule has 2 rings (SSSR count). The lowest BCUT2D eigenvalue weighted by molar-refractivity contribution is -0.141. The van der Waals surface area contributed by atoms with Gasteiger partial charge in [-0.2, -0.15) is 0 Å². The third kappa shape index (κ3) is 2.13. The largest absolute Gasteiger partial charge is 0.480 e. The highest BCUT2D eigenvalue weighted by Gasteiger charge is 2.35. The average molecular weight is 250 g/mol. The number of rotatable bonds is 2. The summed E-state index contributed by atoms with van der Waals surface area (Å²) in [6.45, 7) is 2.09. The molecule has 1 aliphatic rings. The number of carboxylic acid groups (broad SMARTS) is 1. The highest BCUT2D eigenvalue weighted by atomic mass is 16.4. The van der Waals surface area contributed by atoms with Crippen LogP contribution < -0.4 is 5.56 Å². The van der Waals surface area contributed by atoms with Crippen molar-refractivity contribution in [2.24, 2.45) is 0 Å². The molecule has 0 aromatic carbocycles. The van der Waals surface area contributed by atoms with Crippen LogP contribution in [0.3, 0.4) is 0 Å². The van der Waals surface area contributed by atoms with Crippen LogP contribution in [0.5, 0.6) is 0 Å². The third-order valence-corrected chi connectivity index (χ3v) is 3.08. The first-order chi connectivity index (χ1) is 8.50. The van der Waals surface area contributed by atoms with E-state index in [2.05, 4.69) is 4.98 Å². The van der Waals surface area contributed by atoms with Crippen LogP contribution >= 0.6 is 0 Å². The van der Waals surface area contributed by atoms with Crippen LogP contribution in [0.25, 0.3) is 0 Å². The van der Waals surface area contributed by atoms with Crippen LogP contribution in [0.15, 0.2) is 16.9 Å². The Bertz CT molecular complexity index is 549. The highest BCUT2D eigenvalue weighted by Crippen LogP contribution is 2.19. The van der Waals surface area contributed by atoms with Gasteiger partial charge in [-0.3, -0.25) is 9.59 Å². The lowest BCUT2D eigenvalue weighted by Gasteiger charge is -2.20. The van der Waals surface area contributed by atoms with Crippen molar-refractivity contribution in [3.63, 3.8) is 0 Å². The number of H-pyrrole nitrogens is 1. The molecular formula is C12H14N2O4. The van der Waals surface area contributed by atoms with E-state index in [-0.39, 0.29) is 5.56 Å². The highest BCUT2D eigenvalue weighted by molar-refractivity contribution is 5.96. The maximum atomic E-state index is 12.1. The van der Waals surface area contributed by atoms with Gasteiger partial charge in [0.2, 0.25) is 0 Å². The molecule has 2 heterocycles. The topological polar surface area (TPSA) is 90.5 Å². The van der Waals surface area contributed by atoms with Crippen molar-refractivity contribution < 1.29 is 14.7 Å². The average Bonchev–Trinajstić information content (AvgIpc) is 2.77. The Morgan fingerprint density at radius 3 is 2.78 bits per heavy atom. The van der Waals surface area contributed by atoms with Gasteiger partial charge in [0.15, 0.2) is 0 Å². The molecule has 6 heteroatoms. The van der Waals surface area contributed by atoms with E-state index in [1.807, 2.05) is 0 Å². The van der Waals surface area contributed by atoms with Gasteiger partial charge in [-0.1, -0.05) is 0 Å². The number of nitrogens with zero attached hydrogens (tertiary/aromatic N) is 1. The van der Waals surface area contributed by atoms with Gasteiger partial charge < -0.3 is 15.0 Å². The quantitative estimate of drug-likeness (QED) is 0.793. The number of hydrogen-bond donors (Lipinski definition) is 2. The summed E-state index contributed by atoms with van der Waals surface area (Å²) in [5.41, 5.74) is 0.178. The molecule has 0 aliphatic carbocycles. The first-order valence-corrected chi connectivity index (χ1v) is 5.74. The maximum Gasteiger partial charge on any atom is 0.326 e. The number of aromatic amines is 1. The molecule has 1 amide bonds. The second-order valence-corrected chi connectivity index (χ2v) is 4.38. The summed E-state index contributed by atoms with van der Waals surface area (Å²) in [5.74, 6) is -1.54. The number of carboxylic acids is 1. The predicted octanol–water partition coefficient (Wildman–Crippen LogP) is 0.373. The van der Waals surface area contributed by atoms with E-state index in [1.165, 1.54) is 11.0 Å². The van der Waals surface area contributed by atoms with Gasteiger partial charge in [0.25, 0.3) is 11.5 Å². The zero-order chi connectivity index (χ0) is 13.3. The Balaban J connectivity index is 2.31. The molecule has 18 heavy (non-hydrogen) atoms. The van der Waals surface area contributed by atoms with Crippen LogP contribution in [0.4, 0.5) is 0 Å². The molecule has 1 atom stereocenters. The second-order valence-electron chi connectivity index (χ2n) is 4.38. The zero-order valence-electron chi connectivity index (χ0n) is 9.97. The van der Waals surface area contributed by atoms with Gasteiger partial charge in [-0.05, 0) is 31.9 Å². The van der Waals surface area contributed by atoms with Crippen molar-refractivity contribution >= 4 is 11.9 Å². The van der Waals surface area contributed by atoms with Crippen molar-refractivity contribution in [1.29, 1.82) is 0 Å². The summed E-state index contributed by atoms with van der Waals surface area (Å²) in [5, 5.41) is 9.01. The van der Waals surface area contributed by atoms with E-state index in [9.17, 15) is 14.4 Å². The Labute approximate surface area is 103 Å². The third-order valence-electron chi connectivity index (χ3n) is 3.08. The fraction of sp³-hybridized carbons (Fsp3) is 0.417. The lowest BCUT2D eigenvalue weighted by Crippen LogP contribution is -2.42. The Morgan fingerprint density at radius 2 is 2.17 bits per heavy atom. The number of amides is 1. The molecule has 0 bridgehead atoms. The van der Waals surface area contributed by atoms with E-state index < -0.39 is 23.5 Å². The summed E-state index contributed by atoms with van der Waals surface area (Å²) < 4.78 is 0. The predicted molar refractivity (Wildman–Crippen MR) is 63.5 cm³/mol. The van der Waals surface area contributed by atoms with Gasteiger partial charge in [-0.15, -0.1) is 0 Å². The van der Waals surface area contributed by atoms with Crippen LogP contribution in [0.1, 0.15) is 28.9 Å². The minimum absolute atomic E-state index is 0.00579. The molecule has 1 unspecified atom stereocenters. The maximum absolute atomic E-state index is 12.1. The smallest absolute Gasteiger partial charge is 0.326 e. The van der Waals surface area contributed by atoms with Gasteiger partial charge in [-0.25, -0.2) is 4.79 Å². The van der Waals surface area contributed by atoms with Crippen molar-refractivity contribution in [1.82, 2.24) is 9.88 Å². The SMILES string of the molecule is Cc1ccc(C(=O)N2CCCC2C(=O)O)c(=O)[nH]1. The number of nitrogens with one attached hydrogen (secondary N) is 1. The normalized spacial score (nSPS) is 18.9. The molecule has 96 valence electrons. The Morgan fingerprint density at radius 1 is 1.44 bits per heavy atom. The fourth-order valence-electron chi connectivity index (χ4n) is 2.16. The van der Waals surface area contributed by atoms with E-state index in [4.69, 9.17) is 5.11 Å². The minimum Gasteiger partial charge on any atom is -0.480 e. The van der Waals surface area contributed by atoms with Gasteiger partial charge in [0, 0.05) is 12.2 Å². The van der Waals surface area contributed by atoms with Crippen LogP contribution in [0.2, 0.25) is 0 Å². The molecule has 0 spiro atoms. The van der Waals surface area contributed by atoms with Crippen molar-refractivity contribution in [2.45, 2.75) is 25.8 Å². The monoisotopic (exact) mass is 250 g/mol. The molecule has 2 N–H and O–H groups in total. The first-order valence-electron chi connectivity index (χ1n) is 5.74. The molecule has 1 aromatic rings. The lowest BCUT2D eigenvalue weighted by atomic mass is 10.2. The number of aliphatic carboxylic acids is 1. The molecule has 0 saturated carbocycles. The number of carbonyl (C=O) groups excluding carboxylic acids is 1. The summed E-state index contributed by atoms with van der Waals surface area (Å²) >= 11 is 0. The van der Waals surface area contributed by atoms with Crippen molar-refractivity contribution in [2.75, 3.05) is 6.54 Å². The van der Waals surface area contributed by atoms with Gasteiger partial charge in [0.05, 0.1) is 0 Å². The molecule has 1 saturated heterocycles. The molecule has 1 fully saturated rings. The number of hydrogen-bond acceptors (Lipinski definition) is 3. The molecule has 6 nitrogen and oxygen atoms in total. The number of carbonyl (C=O) groups is 2. The number of likely N-dealkylation sites (tertiary alicyclic amines) is 1. The molecule has 1 aromatic heterocycles. The van der Waals surface area contributed by atoms with Crippen LogP contribution in [0, 0.1) is 6.92 Å². The molecular weight excluding hydrogens is 236 g/mol. The van der Waals surface area contributed by atoms with Gasteiger partial charge >= 0.3 is 5.97 Å². The Hall–Kier alpha value is -2.11. The van der Waals surface area contributed by atoms with Crippen LogP contribution in [-0.4, -0.2) is 39.5 Å². The van der Waals surface area contributed by atoms with Gasteiger partial charge in [0.1, 0.15) is 11.6 Å². The Kier molecular flexibility index (Phi) is 3.18. The van der Waals surface area contributed by atoms with Crippen molar-refractivity contribution in [3.05, 3.63) is 33.7 Å². The summed E-state index contributed by atoms with van der Waals surface area (Å²) in [4.78, 5) is 38.6. The zero-order valence-corrected chi connectivity index (χ0v) is 9.97. The van der Waals surface area contributed by atoms with E-state index in [0.717, 1.165) is 0 Å². The number of pyridine rings is 1. The molecule has 0 radical (unpaired) electrons. The van der Waals surface area contributed by atoms with E-state index >= 15 is 0 Å². The van der Waals surface area contributed by atoms with E-state index in [0.29, 0.717) is 25.1 Å². The number of aromatic nitrogens is 1. The first kappa shape index (κ1) is 12.3. The van der Waals surface area contributed by atoms with E-state index in [1.54, 1.807) is 13.0 Å². The summed E-state index contributed by atoms with van der Waals surface area (Å²) in [6, 6.07) is 2.24. The standard InChI is InChI=1S/C12H14N2O4/c1-7-4-5-8(10(15)13-7)11(16)14-6-2-3-9(14)12(17)18/h4-5,9H,2-3,6H2,1H3,(H,13,15)(H,17,18).